The highest BCUT2D eigenvalue weighted by Gasteiger charge is 2.20. The average molecular weight is 1050 g/mol. The monoisotopic (exact) mass is 1050 g/mol. The van der Waals surface area contributed by atoms with E-state index < -0.39 is 12.1 Å². The average Bonchev–Trinajstić information content (AvgIpc) is 3.41. The highest BCUT2D eigenvalue weighted by atomic mass is 16.5. The van der Waals surface area contributed by atoms with Gasteiger partial charge in [-0.05, 0) is 83.5 Å². The van der Waals surface area contributed by atoms with E-state index in [-0.39, 0.29) is 18.5 Å². The number of aliphatic hydroxyl groups excluding tert-OH is 2. The summed E-state index contributed by atoms with van der Waals surface area (Å²) in [6.45, 7) is 4.94. The number of hydrogen-bond donors (Lipinski definition) is 3. The second-order valence-electron chi connectivity index (χ2n) is 23.1. The molecule has 0 aliphatic heterocycles. The fourth-order valence-electron chi connectivity index (χ4n) is 10.5. The minimum Gasteiger partial charge on any atom is -0.466 e. The Kier molecular flexibility index (Phi) is 63.0. The van der Waals surface area contributed by atoms with Gasteiger partial charge < -0.3 is 20.3 Å². The van der Waals surface area contributed by atoms with Crippen LogP contribution in [0.2, 0.25) is 0 Å². The fraction of sp³-hybridized carbons (Fsp3) is 0.884. The van der Waals surface area contributed by atoms with Crippen molar-refractivity contribution in [2.45, 2.75) is 379 Å². The fourth-order valence-corrected chi connectivity index (χ4v) is 10.5. The summed E-state index contributed by atoms with van der Waals surface area (Å²) in [6.07, 6.45) is 81.7. The lowest BCUT2D eigenvalue weighted by molar-refractivity contribution is -0.143. The SMILES string of the molecule is CCCCC/C=C\CCCCCCCC(=O)OCCCCCCCCCCC/C=C\C/C=C\CCCCCCCCCC(=O)NC(CO)C(O)CCCCCCCCCCCCCCCCCCCCCCCCC. The second-order valence-corrected chi connectivity index (χ2v) is 23.1. The standard InChI is InChI=1S/C69H131NO5/c1-3-5-7-9-11-13-15-17-18-19-20-21-23-26-29-32-35-38-41-45-49-53-57-61-67(72)66(65-71)70-68(73)62-58-54-50-46-42-39-36-33-30-27-24-22-25-28-31-34-37-40-44-48-52-56-60-64-75-69(74)63-59-55-51-47-43-16-14-12-10-8-6-4-2/h12,14,22,25,27,30,66-67,71-72H,3-11,13,15-21,23-24,26,28-29,31-65H2,1-2H3,(H,70,73)/b14-12-,25-22-,30-27-. The third-order valence-corrected chi connectivity index (χ3v) is 15.7. The molecule has 3 N–H and O–H groups in total. The molecule has 442 valence electrons. The molecule has 0 aromatic heterocycles. The van der Waals surface area contributed by atoms with Crippen molar-refractivity contribution < 1.29 is 24.5 Å². The first-order valence-corrected chi connectivity index (χ1v) is 33.7. The quantitative estimate of drug-likeness (QED) is 0.0320. The predicted octanol–water partition coefficient (Wildman–Crippen LogP) is 21.5. The smallest absolute Gasteiger partial charge is 0.305 e. The first-order chi connectivity index (χ1) is 37.0. The van der Waals surface area contributed by atoms with Crippen LogP contribution < -0.4 is 5.32 Å². The van der Waals surface area contributed by atoms with E-state index in [9.17, 15) is 19.8 Å². The number of hydrogen-bond acceptors (Lipinski definition) is 5. The Bertz CT molecular complexity index is 1210. The van der Waals surface area contributed by atoms with E-state index >= 15 is 0 Å². The van der Waals surface area contributed by atoms with Crippen molar-refractivity contribution in [2.75, 3.05) is 13.2 Å². The van der Waals surface area contributed by atoms with Crippen molar-refractivity contribution in [1.82, 2.24) is 5.32 Å². The van der Waals surface area contributed by atoms with Crippen LogP contribution in [0.5, 0.6) is 0 Å². The molecule has 75 heavy (non-hydrogen) atoms. The summed E-state index contributed by atoms with van der Waals surface area (Å²) in [4.78, 5) is 24.6. The Hall–Kier alpha value is -1.92. The Morgan fingerprint density at radius 1 is 0.373 bits per heavy atom. The number of nitrogens with one attached hydrogen (secondary N) is 1. The summed E-state index contributed by atoms with van der Waals surface area (Å²) in [5.41, 5.74) is 0. The van der Waals surface area contributed by atoms with Crippen LogP contribution in [-0.4, -0.2) is 47.4 Å². The molecule has 0 rings (SSSR count). The summed E-state index contributed by atoms with van der Waals surface area (Å²) in [6, 6.07) is -0.551. The normalized spacial score (nSPS) is 12.7. The molecule has 0 aliphatic carbocycles. The minimum absolute atomic E-state index is 0.00266. The molecule has 0 aromatic carbocycles. The van der Waals surface area contributed by atoms with E-state index in [2.05, 4.69) is 55.6 Å². The molecule has 0 spiro atoms. The largest absolute Gasteiger partial charge is 0.466 e. The van der Waals surface area contributed by atoms with Gasteiger partial charge in [-0.1, -0.05) is 307 Å². The van der Waals surface area contributed by atoms with E-state index in [1.807, 2.05) is 0 Å². The van der Waals surface area contributed by atoms with Crippen molar-refractivity contribution in [2.24, 2.45) is 0 Å². The lowest BCUT2D eigenvalue weighted by Crippen LogP contribution is -2.45. The van der Waals surface area contributed by atoms with Crippen LogP contribution in [0, 0.1) is 0 Å². The number of ether oxygens (including phenoxy) is 1. The van der Waals surface area contributed by atoms with Gasteiger partial charge in [0.1, 0.15) is 0 Å². The third kappa shape index (κ3) is 61.2. The first kappa shape index (κ1) is 73.1. The van der Waals surface area contributed by atoms with Gasteiger partial charge in [-0.25, -0.2) is 0 Å². The molecule has 0 fully saturated rings. The van der Waals surface area contributed by atoms with Gasteiger partial charge in [-0.3, -0.25) is 9.59 Å². The van der Waals surface area contributed by atoms with Crippen molar-refractivity contribution in [1.29, 1.82) is 0 Å². The Balaban J connectivity index is 3.45. The van der Waals surface area contributed by atoms with Crippen molar-refractivity contribution in [3.8, 4) is 0 Å². The second kappa shape index (κ2) is 64.6. The molecule has 0 radical (unpaired) electrons. The molecule has 0 aliphatic rings. The molecule has 0 saturated carbocycles. The molecule has 0 bridgehead atoms. The number of allylic oxidation sites excluding steroid dienone is 6. The van der Waals surface area contributed by atoms with Gasteiger partial charge in [0, 0.05) is 12.8 Å². The Labute approximate surface area is 468 Å². The number of carbonyl (C=O) groups excluding carboxylic acids is 2. The highest BCUT2D eigenvalue weighted by molar-refractivity contribution is 5.76. The van der Waals surface area contributed by atoms with Crippen LogP contribution in [0.4, 0.5) is 0 Å². The van der Waals surface area contributed by atoms with Crippen LogP contribution >= 0.6 is 0 Å². The predicted molar refractivity (Wildman–Crippen MR) is 329 cm³/mol. The topological polar surface area (TPSA) is 95.9 Å². The molecule has 6 heteroatoms. The van der Waals surface area contributed by atoms with Crippen LogP contribution in [0.25, 0.3) is 0 Å². The van der Waals surface area contributed by atoms with Gasteiger partial charge >= 0.3 is 5.97 Å². The van der Waals surface area contributed by atoms with Crippen molar-refractivity contribution in [3.05, 3.63) is 36.5 Å². The maximum Gasteiger partial charge on any atom is 0.305 e. The van der Waals surface area contributed by atoms with Gasteiger partial charge in [-0.15, -0.1) is 0 Å². The summed E-state index contributed by atoms with van der Waals surface area (Å²) in [5.74, 6) is -0.0445. The molecule has 0 aromatic rings. The summed E-state index contributed by atoms with van der Waals surface area (Å²) in [7, 11) is 0. The van der Waals surface area contributed by atoms with Crippen LogP contribution in [0.3, 0.4) is 0 Å². The van der Waals surface area contributed by atoms with E-state index in [1.54, 1.807) is 0 Å². The van der Waals surface area contributed by atoms with Gasteiger partial charge in [0.15, 0.2) is 0 Å². The van der Waals surface area contributed by atoms with E-state index in [0.29, 0.717) is 25.9 Å². The molecule has 0 saturated heterocycles. The highest BCUT2D eigenvalue weighted by Crippen LogP contribution is 2.18. The van der Waals surface area contributed by atoms with E-state index in [1.165, 1.54) is 276 Å². The molecule has 2 unspecified atom stereocenters. The summed E-state index contributed by atoms with van der Waals surface area (Å²) < 4.78 is 5.46. The number of aliphatic hydroxyl groups is 2. The maximum absolute atomic E-state index is 12.5. The Morgan fingerprint density at radius 3 is 1.05 bits per heavy atom. The minimum atomic E-state index is -0.673. The molecular weight excluding hydrogens is 923 g/mol. The van der Waals surface area contributed by atoms with Crippen molar-refractivity contribution >= 4 is 11.9 Å². The van der Waals surface area contributed by atoms with Gasteiger partial charge in [0.25, 0.3) is 0 Å². The molecule has 2 atom stereocenters. The lowest BCUT2D eigenvalue weighted by atomic mass is 10.0. The molecular formula is C69H131NO5. The molecule has 0 heterocycles. The zero-order valence-corrected chi connectivity index (χ0v) is 50.5. The van der Waals surface area contributed by atoms with E-state index in [4.69, 9.17) is 4.74 Å². The van der Waals surface area contributed by atoms with E-state index in [0.717, 1.165) is 57.8 Å². The summed E-state index contributed by atoms with van der Waals surface area (Å²) >= 11 is 0. The number of carbonyl (C=O) groups is 2. The summed E-state index contributed by atoms with van der Waals surface area (Å²) in [5, 5.41) is 23.4. The van der Waals surface area contributed by atoms with Gasteiger partial charge in [0.2, 0.25) is 5.91 Å². The van der Waals surface area contributed by atoms with Crippen LogP contribution in [-0.2, 0) is 14.3 Å². The van der Waals surface area contributed by atoms with Gasteiger partial charge in [0.05, 0.1) is 25.4 Å². The zero-order chi connectivity index (χ0) is 54.3. The number of rotatable bonds is 63. The molecule has 6 nitrogen and oxygen atoms in total. The lowest BCUT2D eigenvalue weighted by Gasteiger charge is -2.22. The van der Waals surface area contributed by atoms with Crippen molar-refractivity contribution in [3.63, 3.8) is 0 Å². The molecule has 1 amide bonds. The first-order valence-electron chi connectivity index (χ1n) is 33.7. The zero-order valence-electron chi connectivity index (χ0n) is 50.5. The maximum atomic E-state index is 12.5. The number of unbranched alkanes of at least 4 members (excludes halogenated alkanes) is 46. The third-order valence-electron chi connectivity index (χ3n) is 15.7. The van der Waals surface area contributed by atoms with Crippen LogP contribution in [0.1, 0.15) is 367 Å². The number of esters is 1. The Morgan fingerprint density at radius 2 is 0.667 bits per heavy atom. The number of amides is 1. The van der Waals surface area contributed by atoms with Crippen LogP contribution in [0.15, 0.2) is 36.5 Å². The van der Waals surface area contributed by atoms with Gasteiger partial charge in [-0.2, -0.15) is 0 Å².